The molecule has 2 aromatic rings. The average Bonchev–Trinajstić information content (AvgIpc) is 2.55. The van der Waals surface area contributed by atoms with Crippen LogP contribution in [0.4, 0.5) is 5.82 Å². The molecule has 116 valence electrons. The standard InChI is InChI=1S/C17H21N3O2/c1-11-8-18-12(2)17(20-11)19-9-13-6-14-4-5-15(21-3)7-16(14)22-10-13/h4-5,7-8,13H,6,9-10H2,1-3H3,(H,19,20)/t13-/m1/s1. The zero-order chi connectivity index (χ0) is 15.5. The molecular formula is C17H21N3O2. The molecule has 5 heteroatoms. The Labute approximate surface area is 130 Å². The van der Waals surface area contributed by atoms with Crippen LogP contribution >= 0.6 is 0 Å². The number of hydrogen-bond acceptors (Lipinski definition) is 5. The molecule has 2 heterocycles. The van der Waals surface area contributed by atoms with Crippen LogP contribution in [0.1, 0.15) is 17.0 Å². The first-order valence-electron chi connectivity index (χ1n) is 7.49. The second-order valence-corrected chi connectivity index (χ2v) is 5.68. The largest absolute Gasteiger partial charge is 0.497 e. The van der Waals surface area contributed by atoms with Gasteiger partial charge in [-0.3, -0.25) is 4.98 Å². The molecule has 1 aromatic heterocycles. The summed E-state index contributed by atoms with van der Waals surface area (Å²) in [4.78, 5) is 8.82. The summed E-state index contributed by atoms with van der Waals surface area (Å²) in [5.74, 6) is 3.05. The third-order valence-corrected chi connectivity index (χ3v) is 3.89. The van der Waals surface area contributed by atoms with Crippen molar-refractivity contribution in [2.45, 2.75) is 20.3 Å². The Hall–Kier alpha value is -2.30. The third kappa shape index (κ3) is 3.13. The maximum Gasteiger partial charge on any atom is 0.147 e. The van der Waals surface area contributed by atoms with Crippen LogP contribution < -0.4 is 14.8 Å². The lowest BCUT2D eigenvalue weighted by atomic mass is 9.96. The van der Waals surface area contributed by atoms with Crippen molar-refractivity contribution < 1.29 is 9.47 Å². The van der Waals surface area contributed by atoms with Gasteiger partial charge in [0.05, 0.1) is 25.1 Å². The molecule has 0 saturated carbocycles. The minimum Gasteiger partial charge on any atom is -0.497 e. The van der Waals surface area contributed by atoms with E-state index >= 15 is 0 Å². The smallest absolute Gasteiger partial charge is 0.147 e. The molecule has 5 nitrogen and oxygen atoms in total. The molecule has 0 spiro atoms. The van der Waals surface area contributed by atoms with Crippen LogP contribution in [0.2, 0.25) is 0 Å². The summed E-state index contributed by atoms with van der Waals surface area (Å²) in [6.45, 7) is 5.44. The molecule has 3 rings (SSSR count). The number of aromatic nitrogens is 2. The Kier molecular flexibility index (Phi) is 4.13. The van der Waals surface area contributed by atoms with Gasteiger partial charge >= 0.3 is 0 Å². The molecule has 0 amide bonds. The highest BCUT2D eigenvalue weighted by Crippen LogP contribution is 2.31. The predicted molar refractivity (Wildman–Crippen MR) is 85.7 cm³/mol. The number of nitrogens with zero attached hydrogens (tertiary/aromatic N) is 2. The normalized spacial score (nSPS) is 16.6. The number of fused-ring (bicyclic) bond motifs is 1. The van der Waals surface area contributed by atoms with E-state index in [1.807, 2.05) is 26.0 Å². The van der Waals surface area contributed by atoms with Crippen LogP contribution in [-0.4, -0.2) is 30.2 Å². The summed E-state index contributed by atoms with van der Waals surface area (Å²) in [7, 11) is 1.67. The van der Waals surface area contributed by atoms with Crippen molar-refractivity contribution in [1.29, 1.82) is 0 Å². The Bertz CT molecular complexity index is 673. The van der Waals surface area contributed by atoms with E-state index < -0.39 is 0 Å². The van der Waals surface area contributed by atoms with E-state index in [-0.39, 0.29) is 0 Å². The molecule has 0 bridgehead atoms. The first-order chi connectivity index (χ1) is 10.7. The monoisotopic (exact) mass is 299 g/mol. The van der Waals surface area contributed by atoms with Crippen LogP contribution in [0.3, 0.4) is 0 Å². The molecule has 0 fully saturated rings. The van der Waals surface area contributed by atoms with Crippen LogP contribution in [0, 0.1) is 19.8 Å². The van der Waals surface area contributed by atoms with Crippen LogP contribution in [0.15, 0.2) is 24.4 Å². The van der Waals surface area contributed by atoms with E-state index in [0.29, 0.717) is 12.5 Å². The quantitative estimate of drug-likeness (QED) is 0.941. The lowest BCUT2D eigenvalue weighted by Crippen LogP contribution is -2.27. The second kappa shape index (κ2) is 6.22. The molecule has 1 atom stereocenters. The highest BCUT2D eigenvalue weighted by Gasteiger charge is 2.20. The van der Waals surface area contributed by atoms with Gasteiger partial charge in [-0.15, -0.1) is 0 Å². The zero-order valence-corrected chi connectivity index (χ0v) is 13.2. The molecule has 0 unspecified atom stereocenters. The minimum atomic E-state index is 0.419. The van der Waals surface area contributed by atoms with Crippen LogP contribution in [0.5, 0.6) is 11.5 Å². The molecule has 22 heavy (non-hydrogen) atoms. The van der Waals surface area contributed by atoms with E-state index in [4.69, 9.17) is 9.47 Å². The summed E-state index contributed by atoms with van der Waals surface area (Å²) >= 11 is 0. The number of benzene rings is 1. The summed E-state index contributed by atoms with van der Waals surface area (Å²) in [5, 5.41) is 3.40. The predicted octanol–water partition coefficient (Wildman–Crippen LogP) is 2.77. The van der Waals surface area contributed by atoms with Gasteiger partial charge in [-0.2, -0.15) is 0 Å². The van der Waals surface area contributed by atoms with Crippen molar-refractivity contribution >= 4 is 5.82 Å². The third-order valence-electron chi connectivity index (χ3n) is 3.89. The number of hydrogen-bond donors (Lipinski definition) is 1. The summed E-state index contributed by atoms with van der Waals surface area (Å²) in [6.07, 6.45) is 2.78. The van der Waals surface area contributed by atoms with Gasteiger partial charge in [-0.25, -0.2) is 4.98 Å². The fourth-order valence-corrected chi connectivity index (χ4v) is 2.62. The highest BCUT2D eigenvalue weighted by atomic mass is 16.5. The van der Waals surface area contributed by atoms with Crippen LogP contribution in [-0.2, 0) is 6.42 Å². The SMILES string of the molecule is COc1ccc2c(c1)OC[C@@H](CNc1nc(C)cnc1C)C2. The summed E-state index contributed by atoms with van der Waals surface area (Å²) < 4.78 is 11.1. The minimum absolute atomic E-state index is 0.419. The van der Waals surface area contributed by atoms with E-state index in [2.05, 4.69) is 21.4 Å². The van der Waals surface area contributed by atoms with Gasteiger partial charge in [0.2, 0.25) is 0 Å². The maximum atomic E-state index is 5.86. The number of rotatable bonds is 4. The maximum absolute atomic E-state index is 5.86. The zero-order valence-electron chi connectivity index (χ0n) is 13.2. The Morgan fingerprint density at radius 2 is 2.23 bits per heavy atom. The van der Waals surface area contributed by atoms with Crippen molar-refractivity contribution in [2.24, 2.45) is 5.92 Å². The first kappa shape index (κ1) is 14.6. The van der Waals surface area contributed by atoms with E-state index in [9.17, 15) is 0 Å². The van der Waals surface area contributed by atoms with Crippen molar-refractivity contribution in [3.05, 3.63) is 41.3 Å². The average molecular weight is 299 g/mol. The van der Waals surface area contributed by atoms with Crippen molar-refractivity contribution in [3.8, 4) is 11.5 Å². The Morgan fingerprint density at radius 3 is 3.05 bits per heavy atom. The second-order valence-electron chi connectivity index (χ2n) is 5.68. The van der Waals surface area contributed by atoms with Gasteiger partial charge in [-0.1, -0.05) is 6.07 Å². The number of aryl methyl sites for hydroxylation is 2. The van der Waals surface area contributed by atoms with Gasteiger partial charge in [0.15, 0.2) is 0 Å². The Morgan fingerprint density at radius 1 is 1.36 bits per heavy atom. The lowest BCUT2D eigenvalue weighted by molar-refractivity contribution is 0.228. The fourth-order valence-electron chi connectivity index (χ4n) is 2.62. The van der Waals surface area contributed by atoms with Gasteiger partial charge in [0, 0.05) is 24.7 Å². The molecule has 1 aliphatic rings. The number of methoxy groups -OCH3 is 1. The van der Waals surface area contributed by atoms with Gasteiger partial charge < -0.3 is 14.8 Å². The van der Waals surface area contributed by atoms with Gasteiger partial charge in [0.25, 0.3) is 0 Å². The van der Waals surface area contributed by atoms with Crippen molar-refractivity contribution in [3.63, 3.8) is 0 Å². The number of nitrogens with one attached hydrogen (secondary N) is 1. The van der Waals surface area contributed by atoms with Gasteiger partial charge in [-0.05, 0) is 31.9 Å². The van der Waals surface area contributed by atoms with Crippen LogP contribution in [0.25, 0.3) is 0 Å². The molecule has 0 radical (unpaired) electrons. The topological polar surface area (TPSA) is 56.3 Å². The first-order valence-corrected chi connectivity index (χ1v) is 7.49. The van der Waals surface area contributed by atoms with E-state index in [0.717, 1.165) is 41.7 Å². The lowest BCUT2D eigenvalue weighted by Gasteiger charge is -2.26. The molecule has 1 aromatic carbocycles. The van der Waals surface area contributed by atoms with Gasteiger partial charge in [0.1, 0.15) is 17.3 Å². The van der Waals surface area contributed by atoms with E-state index in [1.165, 1.54) is 5.56 Å². The van der Waals surface area contributed by atoms with E-state index in [1.54, 1.807) is 13.3 Å². The summed E-state index contributed by atoms with van der Waals surface area (Å²) in [5.41, 5.74) is 3.07. The number of anilines is 1. The molecular weight excluding hydrogens is 278 g/mol. The molecule has 1 N–H and O–H groups in total. The molecule has 1 aliphatic heterocycles. The van der Waals surface area contributed by atoms with Crippen molar-refractivity contribution in [2.75, 3.05) is 25.6 Å². The fraction of sp³-hybridized carbons (Fsp3) is 0.412. The number of ether oxygens (including phenoxy) is 2. The van der Waals surface area contributed by atoms with Crippen molar-refractivity contribution in [1.82, 2.24) is 9.97 Å². The molecule has 0 saturated heterocycles. The highest BCUT2D eigenvalue weighted by molar-refractivity contribution is 5.43. The summed E-state index contributed by atoms with van der Waals surface area (Å²) in [6, 6.07) is 6.02. The molecule has 0 aliphatic carbocycles. The Balaban J connectivity index is 1.64.